The van der Waals surface area contributed by atoms with Crippen LogP contribution in [0.4, 0.5) is 0 Å². The average molecular weight is 281 g/mol. The van der Waals surface area contributed by atoms with E-state index in [-0.39, 0.29) is 17.9 Å². The number of nitrogens with two attached hydrogens (primary N) is 1. The van der Waals surface area contributed by atoms with Crippen LogP contribution in [-0.4, -0.2) is 43.0 Å². The molecular weight excluding hydrogens is 250 g/mol. The molecule has 4 nitrogen and oxygen atoms in total. The molecule has 0 spiro atoms. The highest BCUT2D eigenvalue weighted by molar-refractivity contribution is 5.79. The molecule has 0 aromatic heterocycles. The molecule has 1 saturated carbocycles. The monoisotopic (exact) mass is 281 g/mol. The normalized spacial score (nSPS) is 29.3. The average Bonchev–Trinajstić information content (AvgIpc) is 2.46. The fraction of sp³-hybridized carbons (Fsp3) is 0.938. The van der Waals surface area contributed by atoms with E-state index in [9.17, 15) is 4.79 Å². The SMILES string of the molecule is CC1CCN(CCCNC(=O)C2CCCCC2N)CC1. The molecule has 2 atom stereocenters. The Morgan fingerprint density at radius 2 is 1.90 bits per heavy atom. The minimum atomic E-state index is 0.0552. The van der Waals surface area contributed by atoms with Gasteiger partial charge in [-0.3, -0.25) is 4.79 Å². The maximum Gasteiger partial charge on any atom is 0.224 e. The summed E-state index contributed by atoms with van der Waals surface area (Å²) >= 11 is 0. The number of hydrogen-bond acceptors (Lipinski definition) is 3. The Morgan fingerprint density at radius 1 is 1.20 bits per heavy atom. The van der Waals surface area contributed by atoms with Crippen LogP contribution in [0.25, 0.3) is 0 Å². The lowest BCUT2D eigenvalue weighted by Gasteiger charge is -2.30. The van der Waals surface area contributed by atoms with Crippen molar-refractivity contribution >= 4 is 5.91 Å². The van der Waals surface area contributed by atoms with Crippen molar-refractivity contribution < 1.29 is 4.79 Å². The molecule has 1 aliphatic heterocycles. The van der Waals surface area contributed by atoms with Crippen LogP contribution in [0.5, 0.6) is 0 Å². The highest BCUT2D eigenvalue weighted by Gasteiger charge is 2.27. The third-order valence-electron chi connectivity index (χ3n) is 4.98. The first kappa shape index (κ1) is 15.8. The first-order chi connectivity index (χ1) is 9.66. The van der Waals surface area contributed by atoms with Gasteiger partial charge in [0.25, 0.3) is 0 Å². The molecule has 0 aromatic carbocycles. The van der Waals surface area contributed by atoms with Crippen molar-refractivity contribution in [2.24, 2.45) is 17.6 Å². The highest BCUT2D eigenvalue weighted by atomic mass is 16.1. The number of piperidine rings is 1. The Labute approximate surface area is 123 Å². The van der Waals surface area contributed by atoms with Gasteiger partial charge in [0.05, 0.1) is 5.92 Å². The summed E-state index contributed by atoms with van der Waals surface area (Å²) in [5.41, 5.74) is 6.04. The number of carbonyl (C=O) groups is 1. The summed E-state index contributed by atoms with van der Waals surface area (Å²) in [5, 5.41) is 3.09. The molecule has 2 aliphatic rings. The molecule has 2 rings (SSSR count). The number of likely N-dealkylation sites (tertiary alicyclic amines) is 1. The maximum absolute atomic E-state index is 12.1. The Bertz CT molecular complexity index is 300. The Morgan fingerprint density at radius 3 is 2.60 bits per heavy atom. The van der Waals surface area contributed by atoms with E-state index in [4.69, 9.17) is 5.73 Å². The van der Waals surface area contributed by atoms with E-state index in [1.807, 2.05) is 0 Å². The molecule has 1 heterocycles. The second-order valence-electron chi connectivity index (χ2n) is 6.72. The molecule has 2 fully saturated rings. The second kappa shape index (κ2) is 7.99. The van der Waals surface area contributed by atoms with E-state index in [2.05, 4.69) is 17.1 Å². The maximum atomic E-state index is 12.1. The molecule has 0 aromatic rings. The largest absolute Gasteiger partial charge is 0.356 e. The van der Waals surface area contributed by atoms with Crippen LogP contribution < -0.4 is 11.1 Å². The fourth-order valence-corrected chi connectivity index (χ4v) is 3.42. The number of rotatable bonds is 5. The molecule has 0 bridgehead atoms. The van der Waals surface area contributed by atoms with Crippen molar-refractivity contribution in [3.05, 3.63) is 0 Å². The summed E-state index contributed by atoms with van der Waals surface area (Å²) in [6.07, 6.45) is 8.01. The van der Waals surface area contributed by atoms with E-state index in [0.29, 0.717) is 0 Å². The predicted molar refractivity (Wildman–Crippen MR) is 82.4 cm³/mol. The molecule has 1 aliphatic carbocycles. The van der Waals surface area contributed by atoms with E-state index < -0.39 is 0 Å². The molecule has 4 heteroatoms. The van der Waals surface area contributed by atoms with Gasteiger partial charge >= 0.3 is 0 Å². The zero-order valence-corrected chi connectivity index (χ0v) is 12.9. The number of carbonyl (C=O) groups excluding carboxylic acids is 1. The van der Waals surface area contributed by atoms with Crippen LogP contribution in [-0.2, 0) is 4.79 Å². The van der Waals surface area contributed by atoms with Gasteiger partial charge in [-0.2, -0.15) is 0 Å². The summed E-state index contributed by atoms with van der Waals surface area (Å²) in [4.78, 5) is 14.6. The van der Waals surface area contributed by atoms with Gasteiger partial charge in [-0.1, -0.05) is 19.8 Å². The summed E-state index contributed by atoms with van der Waals surface area (Å²) in [6, 6.07) is 0.0762. The van der Waals surface area contributed by atoms with Crippen molar-refractivity contribution in [1.82, 2.24) is 10.2 Å². The van der Waals surface area contributed by atoms with Crippen LogP contribution in [0.15, 0.2) is 0 Å². The third kappa shape index (κ3) is 4.74. The summed E-state index contributed by atoms with van der Waals surface area (Å²) in [6.45, 7) is 6.70. The molecule has 1 saturated heterocycles. The van der Waals surface area contributed by atoms with Gasteiger partial charge in [0.1, 0.15) is 0 Å². The van der Waals surface area contributed by atoms with Crippen molar-refractivity contribution in [3.63, 3.8) is 0 Å². The van der Waals surface area contributed by atoms with Crippen molar-refractivity contribution in [2.45, 2.75) is 57.9 Å². The quantitative estimate of drug-likeness (QED) is 0.755. The van der Waals surface area contributed by atoms with Crippen LogP contribution in [0, 0.1) is 11.8 Å². The molecule has 116 valence electrons. The van der Waals surface area contributed by atoms with Crippen LogP contribution in [0.1, 0.15) is 51.9 Å². The van der Waals surface area contributed by atoms with E-state index >= 15 is 0 Å². The first-order valence-corrected chi connectivity index (χ1v) is 8.42. The summed E-state index contributed by atoms with van der Waals surface area (Å²) in [7, 11) is 0. The second-order valence-corrected chi connectivity index (χ2v) is 6.72. The number of amides is 1. The van der Waals surface area contributed by atoms with Gasteiger partial charge < -0.3 is 16.0 Å². The minimum Gasteiger partial charge on any atom is -0.356 e. The van der Waals surface area contributed by atoms with Gasteiger partial charge in [-0.25, -0.2) is 0 Å². The van der Waals surface area contributed by atoms with Gasteiger partial charge in [0.15, 0.2) is 0 Å². The van der Waals surface area contributed by atoms with Gasteiger partial charge in [-0.15, -0.1) is 0 Å². The fourth-order valence-electron chi connectivity index (χ4n) is 3.42. The summed E-state index contributed by atoms with van der Waals surface area (Å²) < 4.78 is 0. The molecule has 0 radical (unpaired) electrons. The third-order valence-corrected chi connectivity index (χ3v) is 4.98. The Hall–Kier alpha value is -0.610. The minimum absolute atomic E-state index is 0.0552. The Balaban J connectivity index is 1.57. The van der Waals surface area contributed by atoms with Gasteiger partial charge in [0.2, 0.25) is 5.91 Å². The number of nitrogens with zero attached hydrogens (tertiary/aromatic N) is 1. The van der Waals surface area contributed by atoms with E-state index in [1.165, 1.54) is 32.4 Å². The van der Waals surface area contributed by atoms with Crippen LogP contribution in [0.2, 0.25) is 0 Å². The zero-order valence-electron chi connectivity index (χ0n) is 12.9. The molecule has 20 heavy (non-hydrogen) atoms. The number of hydrogen-bond donors (Lipinski definition) is 2. The molecular formula is C16H31N3O. The topological polar surface area (TPSA) is 58.4 Å². The standard InChI is InChI=1S/C16H31N3O/c1-13-7-11-19(12-8-13)10-4-9-18-16(20)14-5-2-3-6-15(14)17/h13-15H,2-12,17H2,1H3,(H,18,20). The lowest BCUT2D eigenvalue weighted by atomic mass is 9.84. The van der Waals surface area contributed by atoms with Crippen LogP contribution in [0.3, 0.4) is 0 Å². The predicted octanol–water partition coefficient (Wildman–Crippen LogP) is 1.74. The van der Waals surface area contributed by atoms with Crippen molar-refractivity contribution in [2.75, 3.05) is 26.2 Å². The molecule has 3 N–H and O–H groups in total. The molecule has 2 unspecified atom stereocenters. The summed E-state index contributed by atoms with van der Waals surface area (Å²) in [5.74, 6) is 1.13. The van der Waals surface area contributed by atoms with Crippen molar-refractivity contribution in [1.29, 1.82) is 0 Å². The van der Waals surface area contributed by atoms with Gasteiger partial charge in [-0.05, 0) is 57.7 Å². The smallest absolute Gasteiger partial charge is 0.224 e. The zero-order chi connectivity index (χ0) is 14.4. The Kier molecular flexibility index (Phi) is 6.30. The van der Waals surface area contributed by atoms with E-state index in [0.717, 1.165) is 44.7 Å². The molecule has 1 amide bonds. The lowest BCUT2D eigenvalue weighted by Crippen LogP contribution is -2.44. The van der Waals surface area contributed by atoms with Crippen LogP contribution >= 0.6 is 0 Å². The lowest BCUT2D eigenvalue weighted by molar-refractivity contribution is -0.126. The first-order valence-electron chi connectivity index (χ1n) is 8.42. The number of nitrogens with one attached hydrogen (secondary N) is 1. The van der Waals surface area contributed by atoms with Crippen molar-refractivity contribution in [3.8, 4) is 0 Å². The van der Waals surface area contributed by atoms with E-state index in [1.54, 1.807) is 0 Å². The highest BCUT2D eigenvalue weighted by Crippen LogP contribution is 2.23. The van der Waals surface area contributed by atoms with Gasteiger partial charge in [0, 0.05) is 12.6 Å².